The maximum atomic E-state index is 13.8. The Morgan fingerprint density at radius 1 is 0.582 bits per heavy atom. The molecule has 10 atom stereocenters. The Labute approximate surface area is 391 Å². The molecule has 0 aliphatic heterocycles. The van der Waals surface area contributed by atoms with Crippen molar-refractivity contribution >= 4 is 53.2 Å². The Morgan fingerprint density at radius 3 is 1.46 bits per heavy atom. The summed E-state index contributed by atoms with van der Waals surface area (Å²) in [4.78, 5) is 117. The molecule has 0 aliphatic carbocycles. The van der Waals surface area contributed by atoms with Crippen molar-refractivity contribution in [3.05, 3.63) is 0 Å². The number of nitrogens with two attached hydrogens (primary N) is 3. The van der Waals surface area contributed by atoms with E-state index in [-0.39, 0.29) is 38.6 Å². The minimum absolute atomic E-state index is 0.0518. The number of primary amides is 1. The second kappa shape index (κ2) is 31.8. The molecule has 0 fully saturated rings. The summed E-state index contributed by atoms with van der Waals surface area (Å²) in [5.41, 5.74) is 23.8. The number of quaternary nitrogens is 3. The van der Waals surface area contributed by atoms with Gasteiger partial charge in [-0.05, 0) is 85.1 Å². The van der Waals surface area contributed by atoms with Gasteiger partial charge in [0.25, 0.3) is 5.91 Å². The van der Waals surface area contributed by atoms with Gasteiger partial charge in [-0.15, -0.1) is 0 Å². The average molecular weight is 966 g/mol. The number of nitrogens with one attached hydrogen (secondary N) is 8. The molecule has 0 saturated heterocycles. The molecule has 0 bridgehead atoms. The highest BCUT2D eigenvalue weighted by atomic mass is 16.4. The van der Waals surface area contributed by atoms with Crippen LogP contribution in [0.15, 0.2) is 0 Å². The molecule has 0 aromatic rings. The number of hydrogen-bond acceptors (Lipinski definition) is 15. The van der Waals surface area contributed by atoms with Gasteiger partial charge in [0, 0.05) is 6.42 Å². The molecule has 0 radical (unpaired) electrons. The SMILES string of the molecule is C[C@H](NC(=O)[C@@H](NC(=O)[C@H](CCC(N)=O)NC(=O)[C@H](CCCC[NH3+])NC(=O)[C@@H]([NH3+])[C@@H](C)O)[C@@H](C)O)C(=O)N[C@@H](CCCNC(N)N)C(=O)N[C@@H](CCCC[N+](C)(C)C)C(=O)N[C@@H](CO)C(=O)O. The monoisotopic (exact) mass is 966 g/mol. The van der Waals surface area contributed by atoms with E-state index >= 15 is 0 Å². The number of rotatable bonds is 35. The molecule has 0 aliphatic rings. The maximum Gasteiger partial charge on any atom is 0.328 e. The van der Waals surface area contributed by atoms with Crippen LogP contribution in [0.5, 0.6) is 0 Å². The van der Waals surface area contributed by atoms with Crippen molar-refractivity contribution < 1.29 is 79.5 Å². The predicted molar refractivity (Wildman–Crippen MR) is 240 cm³/mol. The van der Waals surface area contributed by atoms with Gasteiger partial charge in [0.1, 0.15) is 54.7 Å². The van der Waals surface area contributed by atoms with Gasteiger partial charge in [0.15, 0.2) is 6.04 Å². The number of amides is 8. The third kappa shape index (κ3) is 26.1. The second-order valence-electron chi connectivity index (χ2n) is 17.6. The number of aliphatic hydroxyl groups is 3. The van der Waals surface area contributed by atoms with Crippen LogP contribution in [0.4, 0.5) is 0 Å². The zero-order valence-electron chi connectivity index (χ0n) is 39.8. The summed E-state index contributed by atoms with van der Waals surface area (Å²) in [6.07, 6.45) is -1.99. The highest BCUT2D eigenvalue weighted by Crippen LogP contribution is 2.09. The van der Waals surface area contributed by atoms with Crippen LogP contribution >= 0.6 is 0 Å². The topological polar surface area (TPSA) is 464 Å². The number of hydrogen-bond donors (Lipinski definition) is 17. The quantitative estimate of drug-likeness (QED) is 0.0159. The van der Waals surface area contributed by atoms with Crippen molar-refractivity contribution in [1.29, 1.82) is 0 Å². The predicted octanol–water partition coefficient (Wildman–Crippen LogP) is -9.03. The van der Waals surface area contributed by atoms with E-state index in [2.05, 4.69) is 54.0 Å². The number of carboxylic acids is 1. The first-order valence-electron chi connectivity index (χ1n) is 22.4. The van der Waals surface area contributed by atoms with Crippen molar-refractivity contribution in [2.24, 2.45) is 17.2 Å². The number of carboxylic acid groups (broad SMARTS) is 1. The average Bonchev–Trinajstić information content (AvgIpc) is 3.23. The number of aliphatic carboxylic acids is 1. The zero-order chi connectivity index (χ0) is 51.6. The lowest BCUT2D eigenvalue weighted by atomic mass is 10.0. The lowest BCUT2D eigenvalue weighted by Gasteiger charge is -2.28. The number of carbonyl (C=O) groups is 9. The van der Waals surface area contributed by atoms with Crippen LogP contribution in [-0.2, 0) is 43.2 Å². The van der Waals surface area contributed by atoms with Crippen LogP contribution in [0.1, 0.15) is 85.0 Å². The number of aliphatic hydroxyl groups excluding tert-OH is 3. The van der Waals surface area contributed by atoms with Gasteiger partial charge >= 0.3 is 5.97 Å². The summed E-state index contributed by atoms with van der Waals surface area (Å²) in [6.45, 7) is 4.26. The molecule has 386 valence electrons. The molecule has 8 amide bonds. The first-order chi connectivity index (χ1) is 31.1. The van der Waals surface area contributed by atoms with Crippen molar-refractivity contribution in [1.82, 2.24) is 42.5 Å². The van der Waals surface area contributed by atoms with Crippen molar-refractivity contribution in [2.45, 2.75) is 152 Å². The smallest absolute Gasteiger partial charge is 0.328 e. The lowest BCUT2D eigenvalue weighted by Crippen LogP contribution is -2.73. The van der Waals surface area contributed by atoms with E-state index in [4.69, 9.17) is 17.2 Å². The van der Waals surface area contributed by atoms with Crippen LogP contribution in [0.3, 0.4) is 0 Å². The van der Waals surface area contributed by atoms with Gasteiger partial charge in [-0.1, -0.05) is 0 Å². The Morgan fingerprint density at radius 2 is 1.03 bits per heavy atom. The summed E-state index contributed by atoms with van der Waals surface area (Å²) in [6, 6.07) is -11.4. The first kappa shape index (κ1) is 61.9. The lowest BCUT2D eigenvalue weighted by molar-refractivity contribution is -0.870. The Hall–Kier alpha value is -5.13. The van der Waals surface area contributed by atoms with Crippen molar-refractivity contribution in [3.8, 4) is 0 Å². The molecule has 27 heteroatoms. The van der Waals surface area contributed by atoms with E-state index in [1.807, 2.05) is 21.1 Å². The molecular weight excluding hydrogens is 885 g/mol. The van der Waals surface area contributed by atoms with E-state index in [0.29, 0.717) is 43.3 Å². The fraction of sp³-hybridized carbons (Fsp3) is 0.775. The van der Waals surface area contributed by atoms with E-state index < -0.39 is 133 Å². The minimum atomic E-state index is -1.75. The number of unbranched alkanes of at least 4 members (excludes halogenated alkanes) is 2. The summed E-state index contributed by atoms with van der Waals surface area (Å²) < 4.78 is 0.614. The van der Waals surface area contributed by atoms with E-state index in [1.165, 1.54) is 13.8 Å². The molecule has 0 rings (SSSR count). The van der Waals surface area contributed by atoms with Gasteiger partial charge in [-0.25, -0.2) is 4.79 Å². The molecule has 0 spiro atoms. The fourth-order valence-corrected chi connectivity index (χ4v) is 6.22. The maximum absolute atomic E-state index is 13.8. The van der Waals surface area contributed by atoms with Crippen molar-refractivity contribution in [2.75, 3.05) is 47.4 Å². The van der Waals surface area contributed by atoms with Crippen LogP contribution in [-0.4, -0.2) is 192 Å². The molecule has 0 aromatic carbocycles. The summed E-state index contributed by atoms with van der Waals surface area (Å²) in [5.74, 6) is -8.68. The molecule has 27 nitrogen and oxygen atoms in total. The highest BCUT2D eigenvalue weighted by Gasteiger charge is 2.35. The van der Waals surface area contributed by atoms with Crippen LogP contribution < -0.4 is 71.2 Å². The summed E-state index contributed by atoms with van der Waals surface area (Å²) in [7, 11) is 5.91. The van der Waals surface area contributed by atoms with Crippen LogP contribution in [0.25, 0.3) is 0 Å². The summed E-state index contributed by atoms with van der Waals surface area (Å²) >= 11 is 0. The van der Waals surface area contributed by atoms with E-state index in [1.54, 1.807) is 0 Å². The van der Waals surface area contributed by atoms with Crippen molar-refractivity contribution in [3.63, 3.8) is 0 Å². The molecule has 0 unspecified atom stereocenters. The molecule has 0 saturated carbocycles. The highest BCUT2D eigenvalue weighted by molar-refractivity contribution is 5.97. The van der Waals surface area contributed by atoms with Crippen LogP contribution in [0, 0.1) is 0 Å². The molecule has 0 heterocycles. The minimum Gasteiger partial charge on any atom is -0.480 e. The second-order valence-corrected chi connectivity index (χ2v) is 17.6. The van der Waals surface area contributed by atoms with Gasteiger partial charge in [0.2, 0.25) is 41.4 Å². The van der Waals surface area contributed by atoms with Crippen LogP contribution in [0.2, 0.25) is 0 Å². The fourth-order valence-electron chi connectivity index (χ4n) is 6.22. The Bertz CT molecular complexity index is 1620. The van der Waals surface area contributed by atoms with Gasteiger partial charge in [-0.3, -0.25) is 43.7 Å². The third-order valence-electron chi connectivity index (χ3n) is 10.4. The Balaban J connectivity index is 6.36. The van der Waals surface area contributed by atoms with Gasteiger partial charge in [-0.2, -0.15) is 0 Å². The zero-order valence-corrected chi connectivity index (χ0v) is 39.8. The largest absolute Gasteiger partial charge is 0.480 e. The first-order valence-corrected chi connectivity index (χ1v) is 22.4. The summed E-state index contributed by atoms with van der Waals surface area (Å²) in [5, 5.41) is 59.1. The normalized spacial score (nSPS) is 16.0. The number of nitrogens with zero attached hydrogens (tertiary/aromatic N) is 1. The van der Waals surface area contributed by atoms with E-state index in [0.717, 1.165) is 6.92 Å². The molecule has 24 N–H and O–H groups in total. The van der Waals surface area contributed by atoms with Gasteiger partial charge < -0.3 is 90.8 Å². The molecule has 67 heavy (non-hydrogen) atoms. The van der Waals surface area contributed by atoms with Gasteiger partial charge in [0.05, 0.1) is 46.9 Å². The number of carbonyl (C=O) groups excluding carboxylic acids is 8. The molecule has 0 aromatic heterocycles. The standard InChI is InChI=1S/C40H78N14O13/c1-21(32(59)48-26(14-11-18-46-40(44)45)34(61)49-24(13-8-10-19-54(4,5)6)35(62)52-28(20-55)39(66)67)47-38(65)31(23(3)57)53-36(63)27(15-16-29(42)58)50-33(60)25(12-7-9-17-41)51-37(64)30(43)22(2)56/h21-28,30-31,40,46,55-57H,7-20,41,43-45H2,1-6H3,(H9-,42,47,48,49,50,51,52,53,58,59,60,61,62,63,64,65,66,67)/p+3/t21-,22+,23+,24-,25-,26-,27-,28-,30-,31-/m0/s1. The van der Waals surface area contributed by atoms with E-state index in [9.17, 15) is 63.6 Å². The third-order valence-corrected chi connectivity index (χ3v) is 10.4. The Kier molecular flexibility index (Phi) is 29.3. The molecular formula is C40H81N14O13+3.